The Kier molecular flexibility index (Phi) is 3.41. The largest absolute Gasteiger partial charge is 0.487 e. The molecule has 4 rings (SSSR count). The lowest BCUT2D eigenvalue weighted by atomic mass is 9.92. The van der Waals surface area contributed by atoms with Crippen molar-refractivity contribution in [3.63, 3.8) is 0 Å². The average Bonchev–Trinajstić information content (AvgIpc) is 3.00. The van der Waals surface area contributed by atoms with Crippen LogP contribution in [0.15, 0.2) is 21.7 Å². The van der Waals surface area contributed by atoms with Crippen molar-refractivity contribution in [3.8, 4) is 5.75 Å². The Balaban J connectivity index is 1.92. The van der Waals surface area contributed by atoms with Crippen molar-refractivity contribution in [1.29, 1.82) is 0 Å². The zero-order valence-corrected chi connectivity index (χ0v) is 14.3. The Morgan fingerprint density at radius 3 is 2.79 bits per heavy atom. The number of fused-ring (bicyclic) bond motifs is 4. The van der Waals surface area contributed by atoms with Crippen LogP contribution >= 0.6 is 0 Å². The normalized spacial score (nSPS) is 18.9. The second-order valence-electron chi connectivity index (χ2n) is 7.21. The summed E-state index contributed by atoms with van der Waals surface area (Å²) in [5.74, 6) is 0.423. The van der Waals surface area contributed by atoms with Crippen LogP contribution < -0.4 is 10.3 Å². The summed E-state index contributed by atoms with van der Waals surface area (Å²) in [6, 6.07) is 4.15. The summed E-state index contributed by atoms with van der Waals surface area (Å²) in [5.41, 5.74) is 4.52. The van der Waals surface area contributed by atoms with Crippen molar-refractivity contribution in [2.45, 2.75) is 58.5 Å². The highest BCUT2D eigenvalue weighted by Crippen LogP contribution is 2.38. The molecule has 0 N–H and O–H groups in total. The first kappa shape index (κ1) is 15.2. The van der Waals surface area contributed by atoms with Crippen LogP contribution in [0.25, 0.3) is 11.0 Å². The summed E-state index contributed by atoms with van der Waals surface area (Å²) < 4.78 is 12.1. The predicted molar refractivity (Wildman–Crippen MR) is 88.6 cm³/mol. The maximum Gasteiger partial charge on any atom is 0.332 e. The van der Waals surface area contributed by atoms with E-state index in [9.17, 15) is 4.79 Å². The monoisotopic (exact) mass is 327 g/mol. The lowest BCUT2D eigenvalue weighted by Gasteiger charge is -2.32. The lowest BCUT2D eigenvalue weighted by molar-refractivity contribution is -0.141. The highest BCUT2D eigenvalue weighted by atomic mass is 16.7. The maximum atomic E-state index is 11.1. The van der Waals surface area contributed by atoms with Gasteiger partial charge in [0.05, 0.1) is 0 Å². The van der Waals surface area contributed by atoms with Crippen LogP contribution in [0, 0.1) is 0 Å². The SMILES string of the molecule is CC(=O)O/N=c1/oc2cc3c(cc2c2c1CCC2)CCC(C)(C)O3. The predicted octanol–water partition coefficient (Wildman–Crippen LogP) is 3.40. The molecule has 0 atom stereocenters. The molecule has 2 aliphatic rings. The minimum absolute atomic E-state index is 0.164. The summed E-state index contributed by atoms with van der Waals surface area (Å²) in [4.78, 5) is 15.9. The summed E-state index contributed by atoms with van der Waals surface area (Å²) in [6.45, 7) is 5.53. The molecular weight excluding hydrogens is 306 g/mol. The van der Waals surface area contributed by atoms with E-state index in [1.807, 2.05) is 6.07 Å². The Bertz CT molecular complexity index is 908. The maximum absolute atomic E-state index is 11.1. The second-order valence-corrected chi connectivity index (χ2v) is 7.21. The van der Waals surface area contributed by atoms with Gasteiger partial charge in [0.25, 0.3) is 5.55 Å². The van der Waals surface area contributed by atoms with Gasteiger partial charge in [-0.2, -0.15) is 0 Å². The number of benzene rings is 1. The summed E-state index contributed by atoms with van der Waals surface area (Å²) in [7, 11) is 0. The first-order chi connectivity index (χ1) is 11.4. The summed E-state index contributed by atoms with van der Waals surface area (Å²) >= 11 is 0. The van der Waals surface area contributed by atoms with E-state index >= 15 is 0 Å². The number of hydrogen-bond donors (Lipinski definition) is 0. The van der Waals surface area contributed by atoms with Gasteiger partial charge in [-0.05, 0) is 68.3 Å². The molecule has 0 radical (unpaired) electrons. The highest BCUT2D eigenvalue weighted by molar-refractivity contribution is 5.84. The van der Waals surface area contributed by atoms with Gasteiger partial charge in [0.1, 0.15) is 16.9 Å². The molecule has 1 aliphatic carbocycles. The molecule has 2 heterocycles. The number of hydrogen-bond acceptors (Lipinski definition) is 5. The molecule has 1 aliphatic heterocycles. The van der Waals surface area contributed by atoms with Crippen LogP contribution in [0.4, 0.5) is 0 Å². The molecule has 0 saturated heterocycles. The lowest BCUT2D eigenvalue weighted by Crippen LogP contribution is -2.32. The molecule has 1 aromatic carbocycles. The topological polar surface area (TPSA) is 61.0 Å². The van der Waals surface area contributed by atoms with Gasteiger partial charge in [0, 0.05) is 23.9 Å². The van der Waals surface area contributed by atoms with Crippen LogP contribution in [0.3, 0.4) is 0 Å². The average molecular weight is 327 g/mol. The molecular formula is C19H21NO4. The van der Waals surface area contributed by atoms with Gasteiger partial charge in [0.15, 0.2) is 0 Å². The van der Waals surface area contributed by atoms with Crippen LogP contribution in [0.5, 0.6) is 5.75 Å². The molecule has 0 spiro atoms. The minimum atomic E-state index is -0.451. The van der Waals surface area contributed by atoms with Crippen molar-refractivity contribution in [2.75, 3.05) is 0 Å². The van der Waals surface area contributed by atoms with E-state index in [2.05, 4.69) is 25.1 Å². The molecule has 126 valence electrons. The molecule has 0 saturated carbocycles. The van der Waals surface area contributed by atoms with E-state index in [4.69, 9.17) is 14.0 Å². The Morgan fingerprint density at radius 2 is 2.00 bits per heavy atom. The number of aryl methyl sites for hydroxylation is 2. The van der Waals surface area contributed by atoms with Crippen molar-refractivity contribution >= 4 is 16.9 Å². The van der Waals surface area contributed by atoms with Gasteiger partial charge in [-0.15, -0.1) is 0 Å². The third-order valence-electron chi connectivity index (χ3n) is 4.81. The Hall–Kier alpha value is -2.30. The molecule has 1 aromatic heterocycles. The first-order valence-corrected chi connectivity index (χ1v) is 8.45. The van der Waals surface area contributed by atoms with Gasteiger partial charge in [-0.1, -0.05) is 0 Å². The summed E-state index contributed by atoms with van der Waals surface area (Å²) in [6.07, 6.45) is 4.97. The fourth-order valence-electron chi connectivity index (χ4n) is 3.62. The van der Waals surface area contributed by atoms with Crippen LogP contribution in [0.1, 0.15) is 50.3 Å². The first-order valence-electron chi connectivity index (χ1n) is 8.45. The van der Waals surface area contributed by atoms with Crippen molar-refractivity contribution in [2.24, 2.45) is 5.16 Å². The number of carbonyl (C=O) groups excluding carboxylic acids is 1. The van der Waals surface area contributed by atoms with E-state index in [0.29, 0.717) is 5.55 Å². The third-order valence-corrected chi connectivity index (χ3v) is 4.81. The van der Waals surface area contributed by atoms with E-state index in [0.717, 1.165) is 54.4 Å². The smallest absolute Gasteiger partial charge is 0.332 e. The fraction of sp³-hybridized carbons (Fsp3) is 0.474. The summed E-state index contributed by atoms with van der Waals surface area (Å²) in [5, 5.41) is 5.04. The molecule has 0 fully saturated rings. The van der Waals surface area contributed by atoms with E-state index in [-0.39, 0.29) is 5.60 Å². The molecule has 5 heteroatoms. The van der Waals surface area contributed by atoms with Crippen molar-refractivity contribution < 1.29 is 18.8 Å². The number of nitrogens with zero attached hydrogens (tertiary/aromatic N) is 1. The van der Waals surface area contributed by atoms with Crippen molar-refractivity contribution in [3.05, 3.63) is 34.4 Å². The standard InChI is InChI=1S/C19H21NO4/c1-11(21)24-20-18-14-6-4-5-13(14)15-9-12-7-8-19(2,3)23-16(12)10-17(15)22-18/h9-10H,4-8H2,1-3H3/b20-18+. The number of carbonyl (C=O) groups is 1. The molecule has 5 nitrogen and oxygen atoms in total. The zero-order chi connectivity index (χ0) is 16.9. The second kappa shape index (κ2) is 5.36. The van der Waals surface area contributed by atoms with Gasteiger partial charge in [-0.3, -0.25) is 0 Å². The van der Waals surface area contributed by atoms with Gasteiger partial charge < -0.3 is 14.0 Å². The molecule has 24 heavy (non-hydrogen) atoms. The zero-order valence-electron chi connectivity index (χ0n) is 14.3. The van der Waals surface area contributed by atoms with Crippen LogP contribution in [-0.4, -0.2) is 11.6 Å². The number of ether oxygens (including phenoxy) is 1. The van der Waals surface area contributed by atoms with Gasteiger partial charge >= 0.3 is 5.97 Å². The van der Waals surface area contributed by atoms with Crippen LogP contribution in [-0.2, 0) is 28.9 Å². The van der Waals surface area contributed by atoms with E-state index < -0.39 is 5.97 Å². The molecule has 0 unspecified atom stereocenters. The highest BCUT2D eigenvalue weighted by Gasteiger charge is 2.28. The number of rotatable bonds is 1. The molecule has 0 amide bonds. The van der Waals surface area contributed by atoms with E-state index in [1.165, 1.54) is 18.1 Å². The van der Waals surface area contributed by atoms with E-state index in [1.54, 1.807) is 0 Å². The Labute approximate surface area is 140 Å². The third kappa shape index (κ3) is 2.58. The fourth-order valence-corrected chi connectivity index (χ4v) is 3.62. The van der Waals surface area contributed by atoms with Crippen LogP contribution in [0.2, 0.25) is 0 Å². The Morgan fingerprint density at radius 1 is 1.21 bits per heavy atom. The molecule has 0 bridgehead atoms. The quantitative estimate of drug-likeness (QED) is 0.595. The van der Waals surface area contributed by atoms with Gasteiger partial charge in [0.2, 0.25) is 0 Å². The minimum Gasteiger partial charge on any atom is -0.487 e. The molecule has 2 aromatic rings. The van der Waals surface area contributed by atoms with Gasteiger partial charge in [-0.25, -0.2) is 4.79 Å². The van der Waals surface area contributed by atoms with Crippen molar-refractivity contribution in [1.82, 2.24) is 0 Å².